The van der Waals surface area contributed by atoms with Crippen molar-refractivity contribution in [1.29, 1.82) is 0 Å². The van der Waals surface area contributed by atoms with Gasteiger partial charge in [-0.2, -0.15) is 0 Å². The molecule has 1 aliphatic rings. The van der Waals surface area contributed by atoms with Crippen molar-refractivity contribution in [3.63, 3.8) is 0 Å². The average Bonchev–Trinajstić information content (AvgIpc) is 3.27. The van der Waals surface area contributed by atoms with E-state index in [1.807, 2.05) is 0 Å². The summed E-state index contributed by atoms with van der Waals surface area (Å²) in [6.07, 6.45) is -7.56. The van der Waals surface area contributed by atoms with Crippen molar-refractivity contribution in [2.45, 2.75) is 34.8 Å². The van der Waals surface area contributed by atoms with Crippen LogP contribution in [0.1, 0.15) is 51.8 Å². The Hall–Kier alpha value is -8.79. The van der Waals surface area contributed by atoms with Crippen LogP contribution in [0, 0.1) is 0 Å². The van der Waals surface area contributed by atoms with Crippen molar-refractivity contribution >= 4 is 28.9 Å². The minimum atomic E-state index is -5.45. The number of hydrogen-bond acceptors (Lipinski definition) is 26. The molecule has 26 nitrogen and oxygen atoms in total. The van der Waals surface area contributed by atoms with Crippen molar-refractivity contribution in [2.75, 3.05) is 0 Å². The number of carbonyl (C=O) groups excluding carboxylic acids is 5. The summed E-state index contributed by atoms with van der Waals surface area (Å²) in [6.45, 7) is 0. The Morgan fingerprint density at radius 3 is 0.910 bits per heavy atom. The zero-order valence-corrected chi connectivity index (χ0v) is 32.8. The van der Waals surface area contributed by atoms with Gasteiger partial charge in [0, 0.05) is 27.8 Å². The van der Waals surface area contributed by atoms with E-state index in [4.69, 9.17) is 4.74 Å². The molecule has 0 aromatic heterocycles. The third-order valence-electron chi connectivity index (χ3n) is 10.8. The van der Waals surface area contributed by atoms with Gasteiger partial charge in [0.05, 0.1) is 0 Å². The van der Waals surface area contributed by atoms with E-state index in [1.54, 1.807) is 0 Å². The number of benzene rings is 5. The van der Waals surface area contributed by atoms with E-state index in [0.29, 0.717) is 0 Å². The van der Waals surface area contributed by atoms with Gasteiger partial charge in [0.1, 0.15) is 12.2 Å². The lowest BCUT2D eigenvalue weighted by Gasteiger charge is -2.60. The second-order valence-corrected chi connectivity index (χ2v) is 14.8. The van der Waals surface area contributed by atoms with E-state index >= 15 is 14.4 Å². The predicted molar refractivity (Wildman–Crippen MR) is 210 cm³/mol. The van der Waals surface area contributed by atoms with E-state index in [9.17, 15) is 112 Å². The number of hydrogen-bond donors (Lipinski definition) is 20. The average molecular weight is 941 g/mol. The topological polar surface area (TPSA) is 499 Å². The first-order chi connectivity index (χ1) is 30.9. The second-order valence-electron chi connectivity index (χ2n) is 14.8. The SMILES string of the molecule is O=C(c1cc(O)c(O)c(O)c1)C(O)[C@H]1OC(O)(C(=O)c2cc(O)c(O)c(O)c2)[C@@](O)(C(=O)c2cc(O)c(O)c(O)c2)[C@](O)(C(=O)c2cc(O)c(O)c(O)c2)[C@@]1(O)C(=O)c1cc(O)c(O)c(O)c1. The molecule has 6 rings (SSSR count). The van der Waals surface area contributed by atoms with Crippen molar-refractivity contribution in [3.05, 3.63) is 88.5 Å². The Labute approximate surface area is 368 Å². The first kappa shape index (κ1) is 47.7. The Bertz CT molecular complexity index is 2880. The highest BCUT2D eigenvalue weighted by Gasteiger charge is 2.87. The zero-order valence-electron chi connectivity index (χ0n) is 32.8. The third kappa shape index (κ3) is 6.71. The van der Waals surface area contributed by atoms with Gasteiger partial charge in [0.25, 0.3) is 5.79 Å². The molecule has 20 N–H and O–H groups in total. The highest BCUT2D eigenvalue weighted by atomic mass is 16.7. The number of aromatic hydroxyl groups is 15. The molecule has 2 unspecified atom stereocenters. The van der Waals surface area contributed by atoms with Gasteiger partial charge in [-0.05, 0) is 60.7 Å². The molecular weight excluding hydrogens is 908 g/mol. The third-order valence-corrected chi connectivity index (χ3v) is 10.8. The Morgan fingerprint density at radius 1 is 0.373 bits per heavy atom. The van der Waals surface area contributed by atoms with Crippen LogP contribution in [0.4, 0.5) is 0 Å². The minimum Gasteiger partial charge on any atom is -0.504 e. The molecule has 1 heterocycles. The maximum absolute atomic E-state index is 15.2. The highest BCUT2D eigenvalue weighted by Crippen LogP contribution is 2.56. The van der Waals surface area contributed by atoms with Gasteiger partial charge in [-0.3, -0.25) is 24.0 Å². The molecule has 1 saturated heterocycles. The van der Waals surface area contributed by atoms with E-state index in [-0.39, 0.29) is 60.7 Å². The molecule has 5 aromatic carbocycles. The van der Waals surface area contributed by atoms with Crippen LogP contribution in [-0.4, -0.2) is 166 Å². The van der Waals surface area contributed by atoms with Gasteiger partial charge in [-0.15, -0.1) is 0 Å². The van der Waals surface area contributed by atoms with Crippen molar-refractivity contribution in [1.82, 2.24) is 0 Å². The fraction of sp³-hybridized carbons (Fsp3) is 0.146. The summed E-state index contributed by atoms with van der Waals surface area (Å²) >= 11 is 0. The maximum Gasteiger partial charge on any atom is 0.273 e. The molecule has 5 aromatic rings. The number of phenolic OH excluding ortho intramolecular Hbond substituents is 15. The minimum absolute atomic E-state index is 0.0482. The quantitative estimate of drug-likeness (QED) is 0.0536. The Balaban J connectivity index is 1.86. The molecule has 6 atom stereocenters. The van der Waals surface area contributed by atoms with E-state index in [2.05, 4.69) is 0 Å². The zero-order chi connectivity index (χ0) is 50.4. The summed E-state index contributed by atoms with van der Waals surface area (Å²) in [4.78, 5) is 74.3. The van der Waals surface area contributed by atoms with Crippen molar-refractivity contribution < 1.29 is 131 Å². The van der Waals surface area contributed by atoms with Crippen molar-refractivity contribution in [3.8, 4) is 86.2 Å². The molecule has 67 heavy (non-hydrogen) atoms. The lowest BCUT2D eigenvalue weighted by Crippen LogP contribution is -2.92. The normalized spacial score (nSPS) is 23.0. The van der Waals surface area contributed by atoms with Gasteiger partial charge < -0.3 is 107 Å². The molecule has 0 spiro atoms. The molecule has 26 heteroatoms. The molecule has 0 bridgehead atoms. The molecule has 1 aliphatic heterocycles. The van der Waals surface area contributed by atoms with Crippen LogP contribution in [0.15, 0.2) is 60.7 Å². The Kier molecular flexibility index (Phi) is 11.2. The fourth-order valence-corrected chi connectivity index (χ4v) is 7.37. The number of rotatable bonds is 11. The van der Waals surface area contributed by atoms with E-state index < -0.39 is 178 Å². The maximum atomic E-state index is 15.2. The van der Waals surface area contributed by atoms with Crippen molar-refractivity contribution in [2.24, 2.45) is 0 Å². The summed E-state index contributed by atoms with van der Waals surface area (Å²) in [6, 6.07) is 1.19. The molecule has 0 amide bonds. The second kappa shape index (κ2) is 15.7. The van der Waals surface area contributed by atoms with Crippen LogP contribution in [0.2, 0.25) is 0 Å². The first-order valence-corrected chi connectivity index (χ1v) is 18.2. The number of phenols is 15. The number of Topliss-reactive ketones (excluding diaryl/α,β-unsaturated/α-hetero) is 5. The van der Waals surface area contributed by atoms with Gasteiger partial charge >= 0.3 is 0 Å². The van der Waals surface area contributed by atoms with Gasteiger partial charge in [0.2, 0.25) is 34.3 Å². The highest BCUT2D eigenvalue weighted by molar-refractivity contribution is 6.22. The summed E-state index contributed by atoms with van der Waals surface area (Å²) in [5.74, 6) is -39.7. The van der Waals surface area contributed by atoms with Crippen LogP contribution in [0.3, 0.4) is 0 Å². The lowest BCUT2D eigenvalue weighted by atomic mass is 9.54. The fourth-order valence-electron chi connectivity index (χ4n) is 7.37. The molecule has 0 aliphatic carbocycles. The summed E-state index contributed by atoms with van der Waals surface area (Å²) < 4.78 is 5.32. The molecule has 1 fully saturated rings. The van der Waals surface area contributed by atoms with Crippen LogP contribution in [-0.2, 0) is 4.74 Å². The van der Waals surface area contributed by atoms with Crippen LogP contribution >= 0.6 is 0 Å². The number of aliphatic hydroxyl groups is 5. The number of ketones is 5. The molecule has 0 saturated carbocycles. The van der Waals surface area contributed by atoms with Gasteiger partial charge in [-0.1, -0.05) is 0 Å². The van der Waals surface area contributed by atoms with E-state index in [0.717, 1.165) is 0 Å². The molecule has 0 radical (unpaired) electrons. The number of ether oxygens (including phenoxy) is 1. The largest absolute Gasteiger partial charge is 0.504 e. The summed E-state index contributed by atoms with van der Waals surface area (Å²) in [5.41, 5.74) is -23.3. The first-order valence-electron chi connectivity index (χ1n) is 18.2. The van der Waals surface area contributed by atoms with Crippen LogP contribution in [0.5, 0.6) is 86.2 Å². The smallest absolute Gasteiger partial charge is 0.273 e. The van der Waals surface area contributed by atoms with Gasteiger partial charge in [0.15, 0.2) is 97.6 Å². The molecular formula is C41H32O26. The van der Waals surface area contributed by atoms with Crippen LogP contribution in [0.25, 0.3) is 0 Å². The Morgan fingerprint density at radius 2 is 0.612 bits per heavy atom. The predicted octanol–water partition coefficient (Wildman–Crippen LogP) is -1.37. The number of carbonyl (C=O) groups is 5. The van der Waals surface area contributed by atoms with Gasteiger partial charge in [-0.25, -0.2) is 0 Å². The standard InChI is InChI=1S/C41H32O26/c42-16-1-11(2-17(43)27(16)53)26(52)32(58)37-38(63,33(59)12-3-18(44)28(54)19(45)4-12)39(64,34(60)13-5-20(46)29(55)21(47)6-13)40(65,35(61)14-7-22(48)30(56)23(49)8-14)41(66,67-37)36(62)15-9-24(50)31(57)25(51)10-15/h1-10,32,37,42-51,53-58,63-66H/t32?,37-,38-,39+,40-,41?/m1/s1. The molecule has 352 valence electrons. The van der Waals surface area contributed by atoms with E-state index in [1.165, 1.54) is 0 Å². The monoisotopic (exact) mass is 940 g/mol. The number of aliphatic hydroxyl groups excluding tert-OH is 1. The summed E-state index contributed by atoms with van der Waals surface area (Å²) in [7, 11) is 0. The van der Waals surface area contributed by atoms with Crippen LogP contribution < -0.4 is 0 Å². The summed E-state index contributed by atoms with van der Waals surface area (Å²) in [5, 5.41) is 218. The lowest BCUT2D eigenvalue weighted by molar-refractivity contribution is -0.381.